The standard InChI is InChI=1S/C15H16N2O2S2/c16-21(18,19)10-11-5-7-12(8-6-11)17-14-9-20-15-4-2-1-3-13(14)15/h1-8,14,17H,9-10H2,(H2,16,18,19). The fourth-order valence-corrected chi connectivity index (χ4v) is 4.23. The van der Waals surface area contributed by atoms with Crippen LogP contribution >= 0.6 is 11.8 Å². The molecule has 0 saturated carbocycles. The molecule has 6 heteroatoms. The van der Waals surface area contributed by atoms with Gasteiger partial charge in [-0.2, -0.15) is 0 Å². The van der Waals surface area contributed by atoms with E-state index >= 15 is 0 Å². The van der Waals surface area contributed by atoms with Crippen LogP contribution in [0.5, 0.6) is 0 Å². The highest BCUT2D eigenvalue weighted by Gasteiger charge is 2.22. The Bertz CT molecular complexity index is 743. The third kappa shape index (κ3) is 3.58. The fourth-order valence-electron chi connectivity index (χ4n) is 2.41. The van der Waals surface area contributed by atoms with Crippen LogP contribution in [0.1, 0.15) is 17.2 Å². The molecule has 3 N–H and O–H groups in total. The molecule has 0 fully saturated rings. The Labute approximate surface area is 128 Å². The first-order valence-electron chi connectivity index (χ1n) is 6.59. The van der Waals surface area contributed by atoms with E-state index in [1.165, 1.54) is 10.5 Å². The van der Waals surface area contributed by atoms with Crippen LogP contribution < -0.4 is 10.5 Å². The van der Waals surface area contributed by atoms with Gasteiger partial charge in [0.25, 0.3) is 0 Å². The van der Waals surface area contributed by atoms with Gasteiger partial charge in [-0.1, -0.05) is 30.3 Å². The number of benzene rings is 2. The summed E-state index contributed by atoms with van der Waals surface area (Å²) >= 11 is 1.85. The molecule has 0 radical (unpaired) electrons. The van der Waals surface area contributed by atoms with Gasteiger partial charge in [0.2, 0.25) is 10.0 Å². The van der Waals surface area contributed by atoms with E-state index in [4.69, 9.17) is 5.14 Å². The van der Waals surface area contributed by atoms with Crippen molar-refractivity contribution in [3.8, 4) is 0 Å². The van der Waals surface area contributed by atoms with Crippen LogP contribution in [-0.4, -0.2) is 14.2 Å². The second kappa shape index (κ2) is 5.71. The molecule has 0 aromatic heterocycles. The van der Waals surface area contributed by atoms with Crippen molar-refractivity contribution < 1.29 is 8.42 Å². The lowest BCUT2D eigenvalue weighted by molar-refractivity contribution is 0.597. The average Bonchev–Trinajstić information content (AvgIpc) is 2.83. The van der Waals surface area contributed by atoms with E-state index in [-0.39, 0.29) is 11.8 Å². The van der Waals surface area contributed by atoms with Gasteiger partial charge in [0, 0.05) is 16.3 Å². The van der Waals surface area contributed by atoms with Gasteiger partial charge in [0.1, 0.15) is 0 Å². The van der Waals surface area contributed by atoms with E-state index in [2.05, 4.69) is 29.6 Å². The molecule has 21 heavy (non-hydrogen) atoms. The number of primary sulfonamides is 1. The molecule has 0 bridgehead atoms. The lowest BCUT2D eigenvalue weighted by Crippen LogP contribution is -2.14. The summed E-state index contributed by atoms with van der Waals surface area (Å²) in [4.78, 5) is 1.32. The van der Waals surface area contributed by atoms with Crippen LogP contribution in [-0.2, 0) is 15.8 Å². The summed E-state index contributed by atoms with van der Waals surface area (Å²) in [5, 5.41) is 8.53. The van der Waals surface area contributed by atoms with Crippen LogP contribution in [0.3, 0.4) is 0 Å². The lowest BCUT2D eigenvalue weighted by atomic mass is 10.1. The molecule has 2 aromatic carbocycles. The summed E-state index contributed by atoms with van der Waals surface area (Å²) in [6.07, 6.45) is 0. The summed E-state index contributed by atoms with van der Waals surface area (Å²) in [7, 11) is -3.48. The smallest absolute Gasteiger partial charge is 0.213 e. The quantitative estimate of drug-likeness (QED) is 0.908. The maximum absolute atomic E-state index is 11.1. The fraction of sp³-hybridized carbons (Fsp3) is 0.200. The predicted octanol–water partition coefficient (Wildman–Crippen LogP) is 2.73. The number of anilines is 1. The van der Waals surface area contributed by atoms with Gasteiger partial charge in [-0.15, -0.1) is 11.8 Å². The number of nitrogens with two attached hydrogens (primary N) is 1. The highest BCUT2D eigenvalue weighted by molar-refractivity contribution is 7.99. The summed E-state index contributed by atoms with van der Waals surface area (Å²) in [6.45, 7) is 0. The molecule has 110 valence electrons. The summed E-state index contributed by atoms with van der Waals surface area (Å²) in [6, 6.07) is 16.0. The number of fused-ring (bicyclic) bond motifs is 1. The van der Waals surface area contributed by atoms with E-state index < -0.39 is 10.0 Å². The van der Waals surface area contributed by atoms with Crippen LogP contribution in [0.25, 0.3) is 0 Å². The van der Waals surface area contributed by atoms with Gasteiger partial charge < -0.3 is 5.32 Å². The van der Waals surface area contributed by atoms with Crippen molar-refractivity contribution >= 4 is 27.5 Å². The SMILES string of the molecule is NS(=O)(=O)Cc1ccc(NC2CSc3ccccc32)cc1. The highest BCUT2D eigenvalue weighted by atomic mass is 32.2. The first-order chi connectivity index (χ1) is 10.0. The molecule has 4 nitrogen and oxygen atoms in total. The minimum Gasteiger partial charge on any atom is -0.377 e. The zero-order chi connectivity index (χ0) is 14.9. The van der Waals surface area contributed by atoms with Crippen molar-refractivity contribution in [2.45, 2.75) is 16.7 Å². The van der Waals surface area contributed by atoms with E-state index in [9.17, 15) is 8.42 Å². The molecule has 1 aliphatic heterocycles. The Kier molecular flexibility index (Phi) is 3.93. The first-order valence-corrected chi connectivity index (χ1v) is 9.29. The molecule has 1 aliphatic rings. The molecule has 0 spiro atoms. The maximum atomic E-state index is 11.1. The van der Waals surface area contributed by atoms with Crippen LogP contribution in [0.15, 0.2) is 53.4 Å². The van der Waals surface area contributed by atoms with Crippen molar-refractivity contribution in [1.29, 1.82) is 0 Å². The Balaban J connectivity index is 1.72. The predicted molar refractivity (Wildman–Crippen MR) is 86.8 cm³/mol. The Morgan fingerprint density at radius 3 is 2.57 bits per heavy atom. The first kappa shape index (κ1) is 14.4. The third-order valence-electron chi connectivity index (χ3n) is 3.36. The second-order valence-corrected chi connectivity index (χ2v) is 7.73. The number of hydrogen-bond donors (Lipinski definition) is 2. The minimum atomic E-state index is -3.48. The molecule has 3 rings (SSSR count). The van der Waals surface area contributed by atoms with Gasteiger partial charge in [-0.25, -0.2) is 13.6 Å². The third-order valence-corrected chi connectivity index (χ3v) is 5.28. The van der Waals surface area contributed by atoms with E-state index in [1.54, 1.807) is 12.1 Å². The van der Waals surface area contributed by atoms with Crippen molar-refractivity contribution in [1.82, 2.24) is 0 Å². The Morgan fingerprint density at radius 1 is 1.14 bits per heavy atom. The number of sulfonamides is 1. The van der Waals surface area contributed by atoms with Crippen LogP contribution in [0.4, 0.5) is 5.69 Å². The average molecular weight is 320 g/mol. The molecule has 0 amide bonds. The number of rotatable bonds is 4. The summed E-state index contributed by atoms with van der Waals surface area (Å²) in [5.74, 6) is 0.869. The van der Waals surface area contributed by atoms with Gasteiger partial charge in [0.15, 0.2) is 0 Å². The van der Waals surface area contributed by atoms with Gasteiger partial charge >= 0.3 is 0 Å². The molecule has 2 aromatic rings. The topological polar surface area (TPSA) is 72.2 Å². The van der Waals surface area contributed by atoms with Gasteiger partial charge in [-0.3, -0.25) is 0 Å². The monoisotopic (exact) mass is 320 g/mol. The Hall–Kier alpha value is -1.50. The van der Waals surface area contributed by atoms with Crippen LogP contribution in [0.2, 0.25) is 0 Å². The van der Waals surface area contributed by atoms with Gasteiger partial charge in [-0.05, 0) is 29.3 Å². The minimum absolute atomic E-state index is 0.130. The summed E-state index contributed by atoms with van der Waals surface area (Å²) in [5.41, 5.74) is 3.00. The lowest BCUT2D eigenvalue weighted by Gasteiger charge is -2.15. The molecule has 1 atom stereocenters. The maximum Gasteiger partial charge on any atom is 0.213 e. The van der Waals surface area contributed by atoms with E-state index in [0.717, 1.165) is 11.4 Å². The van der Waals surface area contributed by atoms with Crippen molar-refractivity contribution in [2.24, 2.45) is 5.14 Å². The molecule has 0 aliphatic carbocycles. The molecule has 0 saturated heterocycles. The number of hydrogen-bond acceptors (Lipinski definition) is 4. The molecular weight excluding hydrogens is 304 g/mol. The zero-order valence-corrected chi connectivity index (χ0v) is 13.0. The van der Waals surface area contributed by atoms with E-state index in [0.29, 0.717) is 5.56 Å². The van der Waals surface area contributed by atoms with Crippen molar-refractivity contribution in [3.05, 3.63) is 59.7 Å². The van der Waals surface area contributed by atoms with Crippen molar-refractivity contribution in [3.63, 3.8) is 0 Å². The summed E-state index contributed by atoms with van der Waals surface area (Å²) < 4.78 is 22.1. The van der Waals surface area contributed by atoms with Gasteiger partial charge in [0.05, 0.1) is 11.8 Å². The van der Waals surface area contributed by atoms with E-state index in [1.807, 2.05) is 23.9 Å². The van der Waals surface area contributed by atoms with Crippen LogP contribution in [0, 0.1) is 0 Å². The molecule has 1 unspecified atom stereocenters. The molecule has 1 heterocycles. The number of thioether (sulfide) groups is 1. The number of nitrogens with one attached hydrogen (secondary N) is 1. The normalized spacial score (nSPS) is 17.5. The Morgan fingerprint density at radius 2 is 1.86 bits per heavy atom. The zero-order valence-electron chi connectivity index (χ0n) is 11.3. The highest BCUT2D eigenvalue weighted by Crippen LogP contribution is 2.39. The second-order valence-electron chi connectivity index (χ2n) is 5.05. The molecular formula is C15H16N2O2S2. The largest absolute Gasteiger partial charge is 0.377 e. The van der Waals surface area contributed by atoms with Crippen molar-refractivity contribution in [2.75, 3.05) is 11.1 Å².